The molecule has 0 unspecified atom stereocenters. The van der Waals surface area contributed by atoms with Gasteiger partial charge in [-0.15, -0.1) is 0 Å². The Labute approximate surface area is 147 Å². The Bertz CT molecular complexity index is 805. The van der Waals surface area contributed by atoms with E-state index in [1.54, 1.807) is 31.4 Å². The van der Waals surface area contributed by atoms with E-state index in [2.05, 4.69) is 14.7 Å². The molecule has 1 fully saturated rings. The van der Waals surface area contributed by atoms with Crippen molar-refractivity contribution in [3.05, 3.63) is 36.7 Å². The molecule has 0 amide bonds. The van der Waals surface area contributed by atoms with Gasteiger partial charge in [0.05, 0.1) is 19.5 Å². The lowest BCUT2D eigenvalue weighted by molar-refractivity contribution is 0.138. The predicted molar refractivity (Wildman–Crippen MR) is 95.0 cm³/mol. The van der Waals surface area contributed by atoms with E-state index in [1.165, 1.54) is 25.2 Å². The van der Waals surface area contributed by atoms with Crippen molar-refractivity contribution in [3.63, 3.8) is 0 Å². The van der Waals surface area contributed by atoms with Crippen molar-refractivity contribution >= 4 is 15.8 Å². The van der Waals surface area contributed by atoms with Gasteiger partial charge < -0.3 is 9.47 Å². The number of ether oxygens (including phenoxy) is 2. The number of hydrogen-bond donors (Lipinski definition) is 1. The van der Waals surface area contributed by atoms with Gasteiger partial charge in [-0.2, -0.15) is 0 Å². The van der Waals surface area contributed by atoms with E-state index in [4.69, 9.17) is 9.47 Å². The Morgan fingerprint density at radius 1 is 1.16 bits per heavy atom. The van der Waals surface area contributed by atoms with Crippen molar-refractivity contribution in [1.82, 2.24) is 9.97 Å². The molecule has 7 nitrogen and oxygen atoms in total. The molecular weight excluding hydrogens is 342 g/mol. The second-order valence-corrected chi connectivity index (χ2v) is 7.76. The maximum Gasteiger partial charge on any atom is 0.236 e. The van der Waals surface area contributed by atoms with Crippen LogP contribution in [0.1, 0.15) is 12.8 Å². The molecule has 1 N–H and O–H groups in total. The van der Waals surface area contributed by atoms with Gasteiger partial charge in [-0.05, 0) is 43.0 Å². The molecule has 1 aliphatic carbocycles. The highest BCUT2D eigenvalue weighted by Crippen LogP contribution is 2.29. The zero-order valence-electron chi connectivity index (χ0n) is 14.0. The molecule has 0 saturated heterocycles. The Morgan fingerprint density at radius 2 is 1.88 bits per heavy atom. The first-order valence-electron chi connectivity index (χ1n) is 8.11. The fourth-order valence-electron chi connectivity index (χ4n) is 2.27. The molecule has 0 bridgehead atoms. The molecule has 8 heteroatoms. The number of nitrogens with zero attached hydrogens (tertiary/aromatic N) is 2. The minimum absolute atomic E-state index is 0.113. The molecule has 1 heterocycles. The summed E-state index contributed by atoms with van der Waals surface area (Å²) >= 11 is 0. The van der Waals surface area contributed by atoms with Crippen LogP contribution in [-0.4, -0.2) is 44.5 Å². The van der Waals surface area contributed by atoms with Gasteiger partial charge in [0, 0.05) is 24.6 Å². The number of methoxy groups -OCH3 is 1. The lowest BCUT2D eigenvalue weighted by Crippen LogP contribution is -2.21. The first kappa shape index (κ1) is 17.6. The van der Waals surface area contributed by atoms with Gasteiger partial charge in [0.2, 0.25) is 10.0 Å². The van der Waals surface area contributed by atoms with Gasteiger partial charge in [0.25, 0.3) is 0 Å². The third-order valence-corrected chi connectivity index (χ3v) is 5.07. The Balaban J connectivity index is 1.68. The van der Waals surface area contributed by atoms with E-state index in [0.717, 1.165) is 5.56 Å². The first-order chi connectivity index (χ1) is 12.1. The summed E-state index contributed by atoms with van der Waals surface area (Å²) in [5, 5.41) is 0. The van der Waals surface area contributed by atoms with Crippen LogP contribution in [0.5, 0.6) is 5.75 Å². The average Bonchev–Trinajstić information content (AvgIpc) is 3.43. The number of aromatic nitrogens is 2. The summed E-state index contributed by atoms with van der Waals surface area (Å²) in [6.07, 6.45) is 5.33. The second kappa shape index (κ2) is 7.79. The summed E-state index contributed by atoms with van der Waals surface area (Å²) in [6, 6.07) is 7.18. The molecule has 2 aromatic rings. The molecule has 0 atom stereocenters. The fourth-order valence-corrected chi connectivity index (χ4v) is 3.16. The van der Waals surface area contributed by atoms with E-state index < -0.39 is 10.0 Å². The van der Waals surface area contributed by atoms with Gasteiger partial charge in [0.1, 0.15) is 11.4 Å². The molecule has 1 aromatic heterocycles. The molecule has 0 spiro atoms. The van der Waals surface area contributed by atoms with Gasteiger partial charge in [-0.25, -0.2) is 13.4 Å². The average molecular weight is 363 g/mol. The fraction of sp³-hybridized carbons (Fsp3) is 0.412. The van der Waals surface area contributed by atoms with Crippen LogP contribution in [-0.2, 0) is 14.8 Å². The third kappa shape index (κ3) is 5.14. The van der Waals surface area contributed by atoms with Crippen LogP contribution in [0.15, 0.2) is 36.7 Å². The normalized spacial score (nSPS) is 14.3. The minimum atomic E-state index is -3.56. The lowest BCUT2D eigenvalue weighted by Gasteiger charge is -2.11. The number of sulfonamides is 1. The Hall–Kier alpha value is -2.19. The number of nitrogens with one attached hydrogen (secondary N) is 1. The largest absolute Gasteiger partial charge is 0.497 e. The van der Waals surface area contributed by atoms with Crippen molar-refractivity contribution in [2.24, 2.45) is 5.92 Å². The lowest BCUT2D eigenvalue weighted by atomic mass is 10.1. The highest BCUT2D eigenvalue weighted by Gasteiger charge is 2.22. The van der Waals surface area contributed by atoms with Crippen LogP contribution in [0.4, 0.5) is 5.82 Å². The molecular formula is C17H21N3O4S. The zero-order chi connectivity index (χ0) is 17.7. The van der Waals surface area contributed by atoms with E-state index >= 15 is 0 Å². The van der Waals surface area contributed by atoms with Gasteiger partial charge in [-0.3, -0.25) is 9.71 Å². The monoisotopic (exact) mass is 363 g/mol. The summed E-state index contributed by atoms with van der Waals surface area (Å²) in [7, 11) is -1.97. The summed E-state index contributed by atoms with van der Waals surface area (Å²) in [4.78, 5) is 8.38. The zero-order valence-corrected chi connectivity index (χ0v) is 14.8. The summed E-state index contributed by atoms with van der Waals surface area (Å²) in [6.45, 7) is 0.807. The van der Waals surface area contributed by atoms with Crippen molar-refractivity contribution in [2.75, 3.05) is 30.8 Å². The van der Waals surface area contributed by atoms with Crippen molar-refractivity contribution in [2.45, 2.75) is 12.8 Å². The van der Waals surface area contributed by atoms with E-state index in [-0.39, 0.29) is 18.2 Å². The predicted octanol–water partition coefficient (Wildman–Crippen LogP) is 2.32. The Kier molecular flexibility index (Phi) is 5.50. The smallest absolute Gasteiger partial charge is 0.236 e. The molecule has 0 aliphatic heterocycles. The van der Waals surface area contributed by atoms with Crippen molar-refractivity contribution < 1.29 is 17.9 Å². The van der Waals surface area contributed by atoms with Crippen LogP contribution in [0.25, 0.3) is 11.3 Å². The van der Waals surface area contributed by atoms with Crippen LogP contribution in [0.3, 0.4) is 0 Å². The molecule has 1 saturated carbocycles. The molecule has 134 valence electrons. The van der Waals surface area contributed by atoms with Crippen molar-refractivity contribution in [3.8, 4) is 17.0 Å². The summed E-state index contributed by atoms with van der Waals surface area (Å²) in [5.74, 6) is 1.41. The summed E-state index contributed by atoms with van der Waals surface area (Å²) < 4.78 is 37.6. The van der Waals surface area contributed by atoms with Crippen LogP contribution >= 0.6 is 0 Å². The van der Waals surface area contributed by atoms with E-state index in [9.17, 15) is 8.42 Å². The minimum Gasteiger partial charge on any atom is -0.497 e. The molecule has 0 radical (unpaired) electrons. The SMILES string of the molecule is COc1ccc(-c2nccnc2NS(=O)(=O)CCOCC2CC2)cc1. The van der Waals surface area contributed by atoms with Crippen molar-refractivity contribution in [1.29, 1.82) is 0 Å². The topological polar surface area (TPSA) is 90.4 Å². The molecule has 25 heavy (non-hydrogen) atoms. The molecule has 1 aliphatic rings. The number of hydrogen-bond acceptors (Lipinski definition) is 6. The maximum absolute atomic E-state index is 12.3. The van der Waals surface area contributed by atoms with E-state index in [1.807, 2.05) is 0 Å². The molecule has 3 rings (SSSR count). The van der Waals surface area contributed by atoms with E-state index in [0.29, 0.717) is 24.0 Å². The van der Waals surface area contributed by atoms with Gasteiger partial charge in [0.15, 0.2) is 5.82 Å². The summed E-state index contributed by atoms with van der Waals surface area (Å²) in [5.41, 5.74) is 1.21. The third-order valence-electron chi connectivity index (χ3n) is 3.86. The second-order valence-electron chi connectivity index (χ2n) is 5.92. The van der Waals surface area contributed by atoms with Crippen LogP contribution < -0.4 is 9.46 Å². The highest BCUT2D eigenvalue weighted by atomic mass is 32.2. The number of benzene rings is 1. The number of rotatable bonds is 9. The first-order valence-corrected chi connectivity index (χ1v) is 9.76. The number of anilines is 1. The van der Waals surface area contributed by atoms with Crippen LogP contribution in [0.2, 0.25) is 0 Å². The highest BCUT2D eigenvalue weighted by molar-refractivity contribution is 7.92. The molecule has 1 aromatic carbocycles. The van der Waals surface area contributed by atoms with Gasteiger partial charge >= 0.3 is 0 Å². The maximum atomic E-state index is 12.3. The standard InChI is InChI=1S/C17H21N3O4S/c1-23-15-6-4-14(5-7-15)16-17(19-9-8-18-16)20-25(21,22)11-10-24-12-13-2-3-13/h4-9,13H,2-3,10-12H2,1H3,(H,19,20). The quantitative estimate of drug-likeness (QED) is 0.688. The van der Waals surface area contributed by atoms with Crippen LogP contribution in [0, 0.1) is 5.92 Å². The Morgan fingerprint density at radius 3 is 2.56 bits per heavy atom. The van der Waals surface area contributed by atoms with Gasteiger partial charge in [-0.1, -0.05) is 0 Å².